The highest BCUT2D eigenvalue weighted by atomic mass is 35.5. The quantitative estimate of drug-likeness (QED) is 0.589. The van der Waals surface area contributed by atoms with Crippen molar-refractivity contribution in [2.45, 2.75) is 13.8 Å². The normalized spacial score (nSPS) is 10.9. The summed E-state index contributed by atoms with van der Waals surface area (Å²) in [4.78, 5) is 25.0. The Hall–Kier alpha value is -1.82. The lowest BCUT2D eigenvalue weighted by Gasteiger charge is -2.04. The summed E-state index contributed by atoms with van der Waals surface area (Å²) in [6.45, 7) is 3.69. The van der Waals surface area contributed by atoms with Gasteiger partial charge in [0, 0.05) is 26.6 Å². The minimum atomic E-state index is -0.481. The fourth-order valence-electron chi connectivity index (χ4n) is 2.05. The van der Waals surface area contributed by atoms with Gasteiger partial charge in [-0.25, -0.2) is 4.79 Å². The molecule has 0 aliphatic heterocycles. The van der Waals surface area contributed by atoms with Crippen LogP contribution in [0.25, 0.3) is 6.08 Å². The van der Waals surface area contributed by atoms with Gasteiger partial charge >= 0.3 is 5.97 Å². The molecule has 1 heterocycles. The van der Waals surface area contributed by atoms with Crippen molar-refractivity contribution in [3.8, 4) is 0 Å². The van der Waals surface area contributed by atoms with E-state index in [1.165, 1.54) is 30.6 Å². The number of hydrogen-bond donors (Lipinski definition) is 1. The van der Waals surface area contributed by atoms with Crippen LogP contribution in [0.5, 0.6) is 0 Å². The van der Waals surface area contributed by atoms with Gasteiger partial charge < -0.3 is 10.1 Å². The zero-order valence-electron chi connectivity index (χ0n) is 13.3. The summed E-state index contributed by atoms with van der Waals surface area (Å²) in [6, 6.07) is 5.10. The van der Waals surface area contributed by atoms with E-state index in [0.717, 1.165) is 10.4 Å². The third-order valence-electron chi connectivity index (χ3n) is 3.41. The van der Waals surface area contributed by atoms with Crippen molar-refractivity contribution in [2.24, 2.45) is 0 Å². The second-order valence-electron chi connectivity index (χ2n) is 4.94. The topological polar surface area (TPSA) is 55.4 Å². The Kier molecular flexibility index (Phi) is 6.04. The van der Waals surface area contributed by atoms with E-state index < -0.39 is 11.9 Å². The van der Waals surface area contributed by atoms with E-state index in [2.05, 4.69) is 5.32 Å². The molecule has 0 atom stereocenters. The van der Waals surface area contributed by atoms with Gasteiger partial charge in [0.2, 0.25) is 5.91 Å². The molecule has 24 heavy (non-hydrogen) atoms. The standard InChI is InChI=1S/C17H15Cl2NO3S/c1-9-10(2)24-16(15(9)17(22)23-3)20-14(21)8-7-11-12(18)5-4-6-13(11)19/h4-8H,1-3H3,(H,20,21). The van der Waals surface area contributed by atoms with Crippen LogP contribution >= 0.6 is 34.5 Å². The number of ether oxygens (including phenoxy) is 1. The van der Waals surface area contributed by atoms with Crippen molar-refractivity contribution in [3.05, 3.63) is 55.9 Å². The summed E-state index contributed by atoms with van der Waals surface area (Å²) in [5.74, 6) is -0.873. The van der Waals surface area contributed by atoms with Crippen LogP contribution in [0.4, 0.5) is 5.00 Å². The van der Waals surface area contributed by atoms with Gasteiger partial charge in [-0.1, -0.05) is 29.3 Å². The van der Waals surface area contributed by atoms with E-state index in [4.69, 9.17) is 27.9 Å². The molecular weight excluding hydrogens is 369 g/mol. The molecule has 0 aliphatic rings. The molecule has 0 bridgehead atoms. The molecule has 7 heteroatoms. The van der Waals surface area contributed by atoms with Crippen LogP contribution < -0.4 is 5.32 Å². The monoisotopic (exact) mass is 383 g/mol. The van der Waals surface area contributed by atoms with Gasteiger partial charge in [-0.3, -0.25) is 4.79 Å². The Morgan fingerprint density at radius 2 is 1.83 bits per heavy atom. The number of hydrogen-bond acceptors (Lipinski definition) is 4. The highest BCUT2D eigenvalue weighted by Gasteiger charge is 2.21. The molecule has 126 valence electrons. The van der Waals surface area contributed by atoms with Crippen molar-refractivity contribution in [1.82, 2.24) is 0 Å². The number of methoxy groups -OCH3 is 1. The number of rotatable bonds is 4. The maximum atomic E-state index is 12.2. The average molecular weight is 384 g/mol. The molecule has 0 saturated heterocycles. The molecule has 2 aromatic rings. The largest absolute Gasteiger partial charge is 0.465 e. The summed E-state index contributed by atoms with van der Waals surface area (Å²) in [5, 5.41) is 4.06. The minimum Gasteiger partial charge on any atom is -0.465 e. The number of carbonyl (C=O) groups is 2. The molecule has 0 spiro atoms. The molecule has 1 aromatic carbocycles. The molecule has 1 aromatic heterocycles. The fourth-order valence-corrected chi connectivity index (χ4v) is 3.62. The minimum absolute atomic E-state index is 0.373. The lowest BCUT2D eigenvalue weighted by molar-refractivity contribution is -0.111. The van der Waals surface area contributed by atoms with Crippen LogP contribution in [0, 0.1) is 13.8 Å². The van der Waals surface area contributed by atoms with Crippen molar-refractivity contribution >= 4 is 57.5 Å². The van der Waals surface area contributed by atoms with Crippen molar-refractivity contribution < 1.29 is 14.3 Å². The predicted molar refractivity (Wildman–Crippen MR) is 99.3 cm³/mol. The SMILES string of the molecule is COC(=O)c1c(NC(=O)C=Cc2c(Cl)cccc2Cl)sc(C)c1C. The first kappa shape index (κ1) is 18.5. The molecule has 4 nitrogen and oxygen atoms in total. The Labute approximate surface area is 154 Å². The summed E-state index contributed by atoms with van der Waals surface area (Å²) in [7, 11) is 1.31. The van der Waals surface area contributed by atoms with E-state index in [1.54, 1.807) is 18.2 Å². The van der Waals surface area contributed by atoms with E-state index in [1.807, 2.05) is 13.8 Å². The number of anilines is 1. The summed E-state index contributed by atoms with van der Waals surface area (Å²) >= 11 is 13.4. The van der Waals surface area contributed by atoms with E-state index >= 15 is 0 Å². The zero-order chi connectivity index (χ0) is 17.9. The van der Waals surface area contributed by atoms with Gasteiger partial charge in [0.1, 0.15) is 5.00 Å². The molecule has 0 aliphatic carbocycles. The van der Waals surface area contributed by atoms with Gasteiger partial charge in [0.05, 0.1) is 12.7 Å². The van der Waals surface area contributed by atoms with Crippen LogP contribution in [-0.2, 0) is 9.53 Å². The lowest BCUT2D eigenvalue weighted by atomic mass is 10.1. The van der Waals surface area contributed by atoms with Gasteiger partial charge in [-0.05, 0) is 37.6 Å². The maximum absolute atomic E-state index is 12.2. The number of carbonyl (C=O) groups excluding carboxylic acids is 2. The molecule has 1 N–H and O–H groups in total. The maximum Gasteiger partial charge on any atom is 0.341 e. The van der Waals surface area contributed by atoms with Crippen LogP contribution in [0.2, 0.25) is 10.0 Å². The molecule has 0 radical (unpaired) electrons. The van der Waals surface area contributed by atoms with Crippen LogP contribution in [-0.4, -0.2) is 19.0 Å². The first-order valence-electron chi connectivity index (χ1n) is 6.96. The van der Waals surface area contributed by atoms with Crippen molar-refractivity contribution in [1.29, 1.82) is 0 Å². The lowest BCUT2D eigenvalue weighted by Crippen LogP contribution is -2.11. The number of benzene rings is 1. The number of esters is 1. The van der Waals surface area contributed by atoms with Crippen LogP contribution in [0.3, 0.4) is 0 Å². The highest BCUT2D eigenvalue weighted by molar-refractivity contribution is 7.16. The Morgan fingerprint density at radius 1 is 1.21 bits per heavy atom. The summed E-state index contributed by atoms with van der Waals surface area (Å²) < 4.78 is 4.78. The Bertz CT molecular complexity index is 807. The zero-order valence-corrected chi connectivity index (χ0v) is 15.6. The summed E-state index contributed by atoms with van der Waals surface area (Å²) in [6.07, 6.45) is 2.85. The fraction of sp³-hybridized carbons (Fsp3) is 0.176. The molecule has 0 fully saturated rings. The molecular formula is C17H15Cl2NO3S. The number of aryl methyl sites for hydroxylation is 1. The predicted octanol–water partition coefficient (Wildman–Crippen LogP) is 5.11. The van der Waals surface area contributed by atoms with E-state index in [-0.39, 0.29) is 0 Å². The third kappa shape index (κ3) is 3.98. The van der Waals surface area contributed by atoms with Crippen LogP contribution in [0.1, 0.15) is 26.4 Å². The molecule has 1 amide bonds. The Balaban J connectivity index is 2.23. The molecule has 0 saturated carbocycles. The Morgan fingerprint density at radius 3 is 2.42 bits per heavy atom. The van der Waals surface area contributed by atoms with Gasteiger partial charge in [0.15, 0.2) is 0 Å². The number of amides is 1. The number of halogens is 2. The second kappa shape index (κ2) is 7.83. The highest BCUT2D eigenvalue weighted by Crippen LogP contribution is 2.33. The summed E-state index contributed by atoms with van der Waals surface area (Å²) in [5.41, 5.74) is 1.72. The average Bonchev–Trinajstić information content (AvgIpc) is 2.80. The molecule has 2 rings (SSSR count). The van der Waals surface area contributed by atoms with Crippen LogP contribution in [0.15, 0.2) is 24.3 Å². The van der Waals surface area contributed by atoms with E-state index in [9.17, 15) is 9.59 Å². The van der Waals surface area contributed by atoms with Gasteiger partial charge in [-0.15, -0.1) is 11.3 Å². The molecule has 0 unspecified atom stereocenters. The third-order valence-corrected chi connectivity index (χ3v) is 5.19. The second-order valence-corrected chi connectivity index (χ2v) is 6.98. The smallest absolute Gasteiger partial charge is 0.341 e. The van der Waals surface area contributed by atoms with Gasteiger partial charge in [-0.2, -0.15) is 0 Å². The van der Waals surface area contributed by atoms with Gasteiger partial charge in [0.25, 0.3) is 0 Å². The number of nitrogens with one attached hydrogen (secondary N) is 1. The first-order chi connectivity index (χ1) is 11.3. The number of thiophene rings is 1. The van der Waals surface area contributed by atoms with Crippen molar-refractivity contribution in [2.75, 3.05) is 12.4 Å². The van der Waals surface area contributed by atoms with Crippen molar-refractivity contribution in [3.63, 3.8) is 0 Å². The first-order valence-corrected chi connectivity index (χ1v) is 8.53. The van der Waals surface area contributed by atoms with E-state index in [0.29, 0.717) is 26.2 Å².